The van der Waals surface area contributed by atoms with E-state index in [1.54, 1.807) is 18.2 Å². The minimum atomic E-state index is -0.857. The molecule has 0 aliphatic carbocycles. The molecule has 1 N–H and O–H groups in total. The number of hydrogen-bond acceptors (Lipinski definition) is 2. The Kier molecular flexibility index (Phi) is 4.14. The van der Waals surface area contributed by atoms with Crippen molar-refractivity contribution < 1.29 is 14.3 Å². The van der Waals surface area contributed by atoms with Crippen molar-refractivity contribution in [2.45, 2.75) is 25.6 Å². The van der Waals surface area contributed by atoms with Gasteiger partial charge in [-0.2, -0.15) is 0 Å². The van der Waals surface area contributed by atoms with Crippen LogP contribution < -0.4 is 0 Å². The van der Waals surface area contributed by atoms with E-state index in [0.29, 0.717) is 24.5 Å². The highest BCUT2D eigenvalue weighted by atomic mass is 35.5. The lowest BCUT2D eigenvalue weighted by Gasteiger charge is -2.34. The summed E-state index contributed by atoms with van der Waals surface area (Å²) in [4.78, 5) is 13.4. The van der Waals surface area contributed by atoms with Gasteiger partial charge in [-0.15, -0.1) is 0 Å². The number of fused-ring (bicyclic) bond motifs is 1. The molecule has 0 saturated heterocycles. The minimum Gasteiger partial charge on any atom is -0.480 e. The van der Waals surface area contributed by atoms with E-state index in [9.17, 15) is 14.3 Å². The second kappa shape index (κ2) is 6.07. The number of aliphatic carboxylic acids is 1. The SMILES string of the molecule is O=C(O)[C@@H]1Cc2ccc(F)cc2CN1Cc1ccc(Cl)cc1. The summed E-state index contributed by atoms with van der Waals surface area (Å²) in [6.07, 6.45) is 0.387. The van der Waals surface area contributed by atoms with Crippen LogP contribution in [0.4, 0.5) is 4.39 Å². The molecular weight excluding hydrogens is 305 g/mol. The maximum Gasteiger partial charge on any atom is 0.321 e. The fourth-order valence-electron chi connectivity index (χ4n) is 2.84. The second-order valence-electron chi connectivity index (χ2n) is 5.50. The highest BCUT2D eigenvalue weighted by Gasteiger charge is 2.31. The molecule has 0 saturated carbocycles. The van der Waals surface area contributed by atoms with Gasteiger partial charge in [-0.1, -0.05) is 29.8 Å². The lowest BCUT2D eigenvalue weighted by molar-refractivity contribution is -0.144. The van der Waals surface area contributed by atoms with Crippen LogP contribution in [0.1, 0.15) is 16.7 Å². The van der Waals surface area contributed by atoms with Crippen molar-refractivity contribution in [2.24, 2.45) is 0 Å². The van der Waals surface area contributed by atoms with Crippen molar-refractivity contribution in [3.05, 3.63) is 70.0 Å². The number of carboxylic acid groups (broad SMARTS) is 1. The Morgan fingerprint density at radius 2 is 1.95 bits per heavy atom. The predicted molar refractivity (Wildman–Crippen MR) is 82.2 cm³/mol. The quantitative estimate of drug-likeness (QED) is 0.941. The Morgan fingerprint density at radius 3 is 2.64 bits per heavy atom. The van der Waals surface area contributed by atoms with Gasteiger partial charge in [0.15, 0.2) is 0 Å². The molecule has 1 heterocycles. The van der Waals surface area contributed by atoms with E-state index in [0.717, 1.165) is 16.7 Å². The highest BCUT2D eigenvalue weighted by Crippen LogP contribution is 2.26. The van der Waals surface area contributed by atoms with Crippen LogP contribution in [0.25, 0.3) is 0 Å². The van der Waals surface area contributed by atoms with Gasteiger partial charge in [0.2, 0.25) is 0 Å². The third kappa shape index (κ3) is 3.13. The molecule has 22 heavy (non-hydrogen) atoms. The first kappa shape index (κ1) is 15.0. The topological polar surface area (TPSA) is 40.5 Å². The number of hydrogen-bond donors (Lipinski definition) is 1. The average molecular weight is 320 g/mol. The fourth-order valence-corrected chi connectivity index (χ4v) is 2.97. The first-order valence-electron chi connectivity index (χ1n) is 7.01. The third-order valence-electron chi connectivity index (χ3n) is 3.98. The van der Waals surface area contributed by atoms with Crippen molar-refractivity contribution in [1.29, 1.82) is 0 Å². The van der Waals surface area contributed by atoms with Crippen molar-refractivity contribution >= 4 is 17.6 Å². The Balaban J connectivity index is 1.87. The van der Waals surface area contributed by atoms with Crippen LogP contribution in [0.15, 0.2) is 42.5 Å². The predicted octanol–water partition coefficient (Wildman–Crippen LogP) is 3.49. The van der Waals surface area contributed by atoms with E-state index >= 15 is 0 Å². The standard InChI is InChI=1S/C17H15ClFNO2/c18-14-4-1-11(2-5-14)9-20-10-13-7-15(19)6-3-12(13)8-16(20)17(21)22/h1-7,16H,8-10H2,(H,21,22)/t16-/m0/s1. The van der Waals surface area contributed by atoms with Crippen molar-refractivity contribution in [3.63, 3.8) is 0 Å². The maximum atomic E-state index is 13.4. The van der Waals surface area contributed by atoms with Crippen LogP contribution >= 0.6 is 11.6 Å². The van der Waals surface area contributed by atoms with Gasteiger partial charge in [0, 0.05) is 18.1 Å². The molecule has 0 spiro atoms. The van der Waals surface area contributed by atoms with Crippen LogP contribution in [0.5, 0.6) is 0 Å². The Morgan fingerprint density at radius 1 is 1.23 bits per heavy atom. The first-order chi connectivity index (χ1) is 10.5. The smallest absolute Gasteiger partial charge is 0.321 e. The Hall–Kier alpha value is -1.91. The van der Waals surface area contributed by atoms with Crippen LogP contribution in [-0.2, 0) is 24.3 Å². The second-order valence-corrected chi connectivity index (χ2v) is 5.94. The molecule has 0 bridgehead atoms. The van der Waals surface area contributed by atoms with Crippen molar-refractivity contribution in [1.82, 2.24) is 4.90 Å². The fraction of sp³-hybridized carbons (Fsp3) is 0.235. The van der Waals surface area contributed by atoms with E-state index in [1.165, 1.54) is 12.1 Å². The lowest BCUT2D eigenvalue weighted by atomic mass is 9.93. The van der Waals surface area contributed by atoms with E-state index in [1.807, 2.05) is 17.0 Å². The summed E-state index contributed by atoms with van der Waals surface area (Å²) in [5.41, 5.74) is 2.74. The largest absolute Gasteiger partial charge is 0.480 e. The molecule has 2 aromatic rings. The number of nitrogens with zero attached hydrogens (tertiary/aromatic N) is 1. The van der Waals surface area contributed by atoms with Gasteiger partial charge in [-0.05, 0) is 47.4 Å². The van der Waals surface area contributed by atoms with Gasteiger partial charge < -0.3 is 5.11 Å². The molecule has 3 nitrogen and oxygen atoms in total. The van der Waals surface area contributed by atoms with Gasteiger partial charge in [-0.25, -0.2) is 4.39 Å². The molecule has 1 atom stereocenters. The Labute approximate surface area is 132 Å². The minimum absolute atomic E-state index is 0.293. The lowest BCUT2D eigenvalue weighted by Crippen LogP contribution is -2.45. The van der Waals surface area contributed by atoms with Crippen molar-refractivity contribution in [3.8, 4) is 0 Å². The normalized spacial score (nSPS) is 18.0. The maximum absolute atomic E-state index is 13.4. The third-order valence-corrected chi connectivity index (χ3v) is 4.23. The zero-order valence-electron chi connectivity index (χ0n) is 11.8. The van der Waals surface area contributed by atoms with E-state index in [2.05, 4.69) is 0 Å². The average Bonchev–Trinajstić information content (AvgIpc) is 2.48. The first-order valence-corrected chi connectivity index (χ1v) is 7.39. The molecule has 114 valence electrons. The zero-order valence-corrected chi connectivity index (χ0v) is 12.6. The molecule has 5 heteroatoms. The van der Waals surface area contributed by atoms with Gasteiger partial charge >= 0.3 is 5.97 Å². The number of rotatable bonds is 3. The molecule has 0 fully saturated rings. The summed E-state index contributed by atoms with van der Waals surface area (Å²) in [6.45, 7) is 0.913. The molecule has 0 unspecified atom stereocenters. The summed E-state index contributed by atoms with van der Waals surface area (Å²) in [7, 11) is 0. The monoisotopic (exact) mass is 319 g/mol. The van der Waals surface area contributed by atoms with Gasteiger partial charge in [0.25, 0.3) is 0 Å². The summed E-state index contributed by atoms with van der Waals surface area (Å²) in [5.74, 6) is -1.15. The van der Waals surface area contributed by atoms with Gasteiger partial charge in [0.05, 0.1) is 0 Å². The van der Waals surface area contributed by atoms with Crippen LogP contribution in [0.3, 0.4) is 0 Å². The number of carboxylic acids is 1. The summed E-state index contributed by atoms with van der Waals surface area (Å²) in [5, 5.41) is 10.1. The summed E-state index contributed by atoms with van der Waals surface area (Å²) >= 11 is 5.87. The van der Waals surface area contributed by atoms with E-state index < -0.39 is 12.0 Å². The highest BCUT2D eigenvalue weighted by molar-refractivity contribution is 6.30. The van der Waals surface area contributed by atoms with Crippen LogP contribution in [-0.4, -0.2) is 22.0 Å². The molecule has 1 aliphatic heterocycles. The number of carbonyl (C=O) groups is 1. The molecule has 3 rings (SSSR count). The van der Waals surface area contributed by atoms with Crippen LogP contribution in [0, 0.1) is 5.82 Å². The zero-order chi connectivity index (χ0) is 15.7. The molecule has 1 aliphatic rings. The molecule has 2 aromatic carbocycles. The number of halogens is 2. The molecule has 0 aromatic heterocycles. The van der Waals surface area contributed by atoms with E-state index in [-0.39, 0.29) is 5.82 Å². The van der Waals surface area contributed by atoms with Crippen molar-refractivity contribution in [2.75, 3.05) is 0 Å². The summed E-state index contributed by atoms with van der Waals surface area (Å²) in [6, 6.07) is 11.3. The van der Waals surface area contributed by atoms with Crippen LogP contribution in [0.2, 0.25) is 5.02 Å². The molecule has 0 radical (unpaired) electrons. The number of benzene rings is 2. The van der Waals surface area contributed by atoms with Gasteiger partial charge in [0.1, 0.15) is 11.9 Å². The van der Waals surface area contributed by atoms with E-state index in [4.69, 9.17) is 11.6 Å². The molecular formula is C17H15ClFNO2. The van der Waals surface area contributed by atoms with Gasteiger partial charge in [-0.3, -0.25) is 9.69 Å². The summed E-state index contributed by atoms with van der Waals surface area (Å²) < 4.78 is 13.4. The Bertz CT molecular complexity index is 702. The molecule has 0 amide bonds.